The molecule has 134 valence electrons. The van der Waals surface area contributed by atoms with Crippen LogP contribution in [0.5, 0.6) is 0 Å². The van der Waals surface area contributed by atoms with Crippen molar-refractivity contribution in [3.8, 4) is 5.69 Å². The van der Waals surface area contributed by atoms with Crippen LogP contribution in [0.15, 0.2) is 48.8 Å². The van der Waals surface area contributed by atoms with Crippen LogP contribution < -0.4 is 4.72 Å². The molecule has 25 heavy (non-hydrogen) atoms. The van der Waals surface area contributed by atoms with Gasteiger partial charge in [-0.25, -0.2) is 13.1 Å². The van der Waals surface area contributed by atoms with E-state index in [0.717, 1.165) is 30.3 Å². The Morgan fingerprint density at radius 2 is 1.88 bits per heavy atom. The van der Waals surface area contributed by atoms with Crippen molar-refractivity contribution in [2.24, 2.45) is 0 Å². The molecule has 2 aromatic rings. The molecular formula is C18H23N3O3S. The molecule has 1 unspecified atom stereocenters. The molecule has 1 aliphatic rings. The van der Waals surface area contributed by atoms with Crippen molar-refractivity contribution in [2.75, 3.05) is 19.3 Å². The summed E-state index contributed by atoms with van der Waals surface area (Å²) >= 11 is 0. The second-order valence-corrected chi connectivity index (χ2v) is 8.28. The number of likely N-dealkylation sites (tertiary alicyclic amines) is 1. The van der Waals surface area contributed by atoms with Gasteiger partial charge in [0.1, 0.15) is 0 Å². The van der Waals surface area contributed by atoms with Gasteiger partial charge in [0, 0.05) is 37.2 Å². The minimum Gasteiger partial charge on any atom is -0.341 e. The average Bonchev–Trinajstić information content (AvgIpc) is 3.08. The Kier molecular flexibility index (Phi) is 5.24. The zero-order valence-electron chi connectivity index (χ0n) is 14.3. The normalized spacial score (nSPS) is 18.3. The molecule has 0 saturated carbocycles. The van der Waals surface area contributed by atoms with E-state index in [9.17, 15) is 13.2 Å². The lowest BCUT2D eigenvalue weighted by Crippen LogP contribution is -2.49. The van der Waals surface area contributed by atoms with Crippen LogP contribution in [0.2, 0.25) is 0 Å². The molecule has 0 bridgehead atoms. The summed E-state index contributed by atoms with van der Waals surface area (Å²) in [6, 6.07) is 11.7. The van der Waals surface area contributed by atoms with Crippen molar-refractivity contribution in [1.29, 1.82) is 0 Å². The van der Waals surface area contributed by atoms with Gasteiger partial charge in [-0.05, 0) is 42.7 Å². The minimum atomic E-state index is -3.25. The number of carbonyl (C=O) groups is 1. The van der Waals surface area contributed by atoms with Crippen LogP contribution >= 0.6 is 0 Å². The molecule has 1 saturated heterocycles. The third-order valence-corrected chi connectivity index (χ3v) is 5.11. The van der Waals surface area contributed by atoms with Crippen LogP contribution in [0, 0.1) is 0 Å². The number of carbonyl (C=O) groups excluding carboxylic acids is 1. The second-order valence-electron chi connectivity index (χ2n) is 6.50. The Labute approximate surface area is 148 Å². The summed E-state index contributed by atoms with van der Waals surface area (Å²) in [5, 5.41) is 0. The van der Waals surface area contributed by atoms with E-state index in [-0.39, 0.29) is 11.9 Å². The molecule has 1 amide bonds. The molecule has 0 aliphatic carbocycles. The molecule has 2 heterocycles. The standard InChI is InChI=1S/C18H23N3O3S/c1-25(23,24)19-16-5-4-12-21(14-16)18(22)13-15-6-8-17(9-7-15)20-10-2-3-11-20/h2-3,6-11,16,19H,4-5,12-14H2,1H3. The Bertz CT molecular complexity index is 814. The maximum absolute atomic E-state index is 12.5. The minimum absolute atomic E-state index is 0.0358. The lowest BCUT2D eigenvalue weighted by molar-refractivity contribution is -0.131. The first kappa shape index (κ1) is 17.7. The van der Waals surface area contributed by atoms with Crippen LogP contribution in [0.3, 0.4) is 0 Å². The predicted octanol–water partition coefficient (Wildman–Crippen LogP) is 1.56. The van der Waals surface area contributed by atoms with E-state index in [2.05, 4.69) is 4.72 Å². The smallest absolute Gasteiger partial charge is 0.227 e. The van der Waals surface area contributed by atoms with Gasteiger partial charge in [-0.3, -0.25) is 4.79 Å². The summed E-state index contributed by atoms with van der Waals surface area (Å²) in [5.41, 5.74) is 2.01. The zero-order valence-corrected chi connectivity index (χ0v) is 15.1. The Morgan fingerprint density at radius 1 is 1.20 bits per heavy atom. The SMILES string of the molecule is CS(=O)(=O)NC1CCCN(C(=O)Cc2ccc(-n3cccc3)cc2)C1. The molecule has 1 N–H and O–H groups in total. The quantitative estimate of drug-likeness (QED) is 0.878. The molecule has 3 rings (SSSR count). The number of sulfonamides is 1. The maximum atomic E-state index is 12.5. The highest BCUT2D eigenvalue weighted by molar-refractivity contribution is 7.88. The van der Waals surface area contributed by atoms with Crippen molar-refractivity contribution in [1.82, 2.24) is 14.2 Å². The second kappa shape index (κ2) is 7.41. The van der Waals surface area contributed by atoms with E-state index in [1.54, 1.807) is 4.90 Å². The average molecular weight is 361 g/mol. The van der Waals surface area contributed by atoms with Gasteiger partial charge >= 0.3 is 0 Å². The highest BCUT2D eigenvalue weighted by atomic mass is 32.2. The molecule has 6 nitrogen and oxygen atoms in total. The number of benzene rings is 1. The van der Waals surface area contributed by atoms with Crippen LogP contribution in [-0.2, 0) is 21.2 Å². The third kappa shape index (κ3) is 4.93. The van der Waals surface area contributed by atoms with E-state index < -0.39 is 10.0 Å². The van der Waals surface area contributed by atoms with Gasteiger partial charge < -0.3 is 9.47 Å². The van der Waals surface area contributed by atoms with E-state index in [1.165, 1.54) is 0 Å². The summed E-state index contributed by atoms with van der Waals surface area (Å²) in [7, 11) is -3.25. The number of aromatic nitrogens is 1. The zero-order chi connectivity index (χ0) is 17.9. The summed E-state index contributed by atoms with van der Waals surface area (Å²) in [6.45, 7) is 1.12. The van der Waals surface area contributed by atoms with Crippen molar-refractivity contribution >= 4 is 15.9 Å². The highest BCUT2D eigenvalue weighted by Crippen LogP contribution is 2.15. The molecule has 1 aromatic carbocycles. The number of nitrogens with zero attached hydrogens (tertiary/aromatic N) is 2. The molecule has 1 aliphatic heterocycles. The summed E-state index contributed by atoms with van der Waals surface area (Å²) in [6.07, 6.45) is 7.01. The van der Waals surface area contributed by atoms with Crippen molar-refractivity contribution in [2.45, 2.75) is 25.3 Å². The van der Waals surface area contributed by atoms with Gasteiger partial charge in [0.2, 0.25) is 15.9 Å². The lowest BCUT2D eigenvalue weighted by Gasteiger charge is -2.32. The first-order valence-corrected chi connectivity index (χ1v) is 10.3. The highest BCUT2D eigenvalue weighted by Gasteiger charge is 2.25. The molecule has 0 spiro atoms. The fraction of sp³-hybridized carbons (Fsp3) is 0.389. The maximum Gasteiger partial charge on any atom is 0.227 e. The lowest BCUT2D eigenvalue weighted by atomic mass is 10.0. The fourth-order valence-electron chi connectivity index (χ4n) is 3.18. The van der Waals surface area contributed by atoms with E-state index >= 15 is 0 Å². The van der Waals surface area contributed by atoms with E-state index in [4.69, 9.17) is 0 Å². The van der Waals surface area contributed by atoms with Gasteiger partial charge in [0.05, 0.1) is 12.7 Å². The summed E-state index contributed by atoms with van der Waals surface area (Å²) < 4.78 is 27.4. The third-order valence-electron chi connectivity index (χ3n) is 4.35. The van der Waals surface area contributed by atoms with E-state index in [0.29, 0.717) is 19.5 Å². The first-order valence-electron chi connectivity index (χ1n) is 8.38. The molecule has 0 radical (unpaired) electrons. The number of rotatable bonds is 5. The molecule has 1 atom stereocenters. The largest absolute Gasteiger partial charge is 0.341 e. The van der Waals surface area contributed by atoms with Crippen molar-refractivity contribution < 1.29 is 13.2 Å². The Balaban J connectivity index is 1.60. The Morgan fingerprint density at radius 3 is 2.52 bits per heavy atom. The van der Waals surface area contributed by atoms with Gasteiger partial charge in [-0.15, -0.1) is 0 Å². The number of piperidine rings is 1. The molecular weight excluding hydrogens is 338 g/mol. The van der Waals surface area contributed by atoms with Gasteiger partial charge in [-0.2, -0.15) is 0 Å². The van der Waals surface area contributed by atoms with Gasteiger partial charge in [0.25, 0.3) is 0 Å². The summed E-state index contributed by atoms with van der Waals surface area (Å²) in [5.74, 6) is 0.0358. The van der Waals surface area contributed by atoms with Gasteiger partial charge in [-0.1, -0.05) is 12.1 Å². The monoisotopic (exact) mass is 361 g/mol. The van der Waals surface area contributed by atoms with Crippen LogP contribution in [0.4, 0.5) is 0 Å². The van der Waals surface area contributed by atoms with Crippen molar-refractivity contribution in [3.05, 3.63) is 54.4 Å². The van der Waals surface area contributed by atoms with E-state index in [1.807, 2.05) is 53.4 Å². The van der Waals surface area contributed by atoms with Crippen LogP contribution in [0.1, 0.15) is 18.4 Å². The predicted molar refractivity (Wildman–Crippen MR) is 97.1 cm³/mol. The Hall–Kier alpha value is -2.12. The number of amides is 1. The molecule has 1 fully saturated rings. The fourth-order valence-corrected chi connectivity index (χ4v) is 3.98. The van der Waals surface area contributed by atoms with Gasteiger partial charge in [0.15, 0.2) is 0 Å². The van der Waals surface area contributed by atoms with Crippen LogP contribution in [0.25, 0.3) is 5.69 Å². The summed E-state index contributed by atoms with van der Waals surface area (Å²) in [4.78, 5) is 14.3. The first-order chi connectivity index (χ1) is 11.9. The molecule has 1 aromatic heterocycles. The number of hydrogen-bond donors (Lipinski definition) is 1. The topological polar surface area (TPSA) is 71.4 Å². The number of nitrogens with one attached hydrogen (secondary N) is 1. The van der Waals surface area contributed by atoms with Crippen LogP contribution in [-0.4, -0.2) is 49.2 Å². The molecule has 7 heteroatoms. The van der Waals surface area contributed by atoms with Crippen molar-refractivity contribution in [3.63, 3.8) is 0 Å². The number of hydrogen-bond acceptors (Lipinski definition) is 3.